The third-order valence-corrected chi connectivity index (χ3v) is 11.1. The molecule has 10 rings (SSSR count). The highest BCUT2D eigenvalue weighted by Crippen LogP contribution is 2.39. The summed E-state index contributed by atoms with van der Waals surface area (Å²) in [4.78, 5) is 0. The van der Waals surface area contributed by atoms with Gasteiger partial charge in [0.05, 0.1) is 27.8 Å². The van der Waals surface area contributed by atoms with Gasteiger partial charge < -0.3 is 9.13 Å². The van der Waals surface area contributed by atoms with Gasteiger partial charge in [0.15, 0.2) is 0 Å². The maximum atomic E-state index is 2.43. The van der Waals surface area contributed by atoms with E-state index in [0.29, 0.717) is 0 Å². The minimum atomic E-state index is 1.16. The van der Waals surface area contributed by atoms with E-state index in [1.165, 1.54) is 99.5 Å². The molecule has 0 fully saturated rings. The fourth-order valence-corrected chi connectivity index (χ4v) is 8.45. The number of benzene rings is 8. The molecule has 8 aromatic carbocycles. The summed E-state index contributed by atoms with van der Waals surface area (Å²) in [6.07, 6.45) is 4.48. The fraction of sp³-hybridized carbons (Fsp3) is 0.0566. The van der Waals surface area contributed by atoms with E-state index in [1.54, 1.807) is 0 Å². The van der Waals surface area contributed by atoms with Crippen LogP contribution in [0.25, 0.3) is 89.4 Å². The molecule has 262 valence electrons. The largest absolute Gasteiger partial charge is 0.309 e. The lowest BCUT2D eigenvalue weighted by Gasteiger charge is -2.14. The Morgan fingerprint density at radius 3 is 1.49 bits per heavy atom. The minimum Gasteiger partial charge on any atom is -0.309 e. The molecule has 0 atom stereocenters. The Bertz CT molecular complexity index is 3040. The second-order valence-electron chi connectivity index (χ2n) is 14.9. The molecule has 0 saturated carbocycles. The second-order valence-corrected chi connectivity index (χ2v) is 14.9. The quantitative estimate of drug-likeness (QED) is 0.153. The standard InChI is InChI=1S/C53H40N2/c1-35-17-27-50-47(33-35)48-34-41(26-30-51(48)54(50)42-12-5-4-6-13-42)43-14-8-7-11-39(43)23-20-38-21-24-40(25-22-38)44-15-9-10-16-49(44)55-52-28-18-36(2)31-45(52)46-32-37(3)19-29-53(46)55/h4-34H,1-3H3/b23-20+. The molecule has 2 heteroatoms. The first-order valence-electron chi connectivity index (χ1n) is 19.1. The van der Waals surface area contributed by atoms with Crippen LogP contribution >= 0.6 is 0 Å². The van der Waals surface area contributed by atoms with E-state index in [0.717, 1.165) is 5.56 Å². The number of rotatable bonds is 6. The highest BCUT2D eigenvalue weighted by molar-refractivity contribution is 6.11. The van der Waals surface area contributed by atoms with Crippen molar-refractivity contribution in [1.29, 1.82) is 0 Å². The number of para-hydroxylation sites is 2. The van der Waals surface area contributed by atoms with Crippen molar-refractivity contribution < 1.29 is 0 Å². The Labute approximate surface area is 321 Å². The SMILES string of the molecule is Cc1ccc2c(c1)c1cc(-c3ccccc3/C=C/c3ccc(-c4ccccc4-n4c5ccc(C)cc5c5cc(C)ccc54)cc3)ccc1n2-c1ccccc1. The van der Waals surface area contributed by atoms with Gasteiger partial charge >= 0.3 is 0 Å². The number of aromatic nitrogens is 2. The average Bonchev–Trinajstić information content (AvgIpc) is 3.71. The molecular weight excluding hydrogens is 665 g/mol. The van der Waals surface area contributed by atoms with E-state index in [4.69, 9.17) is 0 Å². The van der Waals surface area contributed by atoms with Crippen LogP contribution < -0.4 is 0 Å². The van der Waals surface area contributed by atoms with Crippen molar-refractivity contribution in [2.24, 2.45) is 0 Å². The monoisotopic (exact) mass is 704 g/mol. The summed E-state index contributed by atoms with van der Waals surface area (Å²) in [7, 11) is 0. The summed E-state index contributed by atoms with van der Waals surface area (Å²) in [6, 6.07) is 64.5. The summed E-state index contributed by atoms with van der Waals surface area (Å²) in [6.45, 7) is 6.52. The van der Waals surface area contributed by atoms with Crippen LogP contribution in [0.4, 0.5) is 0 Å². The smallest absolute Gasteiger partial charge is 0.0541 e. The highest BCUT2D eigenvalue weighted by Gasteiger charge is 2.17. The summed E-state index contributed by atoms with van der Waals surface area (Å²) < 4.78 is 4.81. The lowest BCUT2D eigenvalue weighted by atomic mass is 9.97. The van der Waals surface area contributed by atoms with Crippen LogP contribution in [0.5, 0.6) is 0 Å². The molecule has 0 aliphatic heterocycles. The third kappa shape index (κ3) is 5.66. The Morgan fingerprint density at radius 1 is 0.364 bits per heavy atom. The molecule has 10 aromatic rings. The van der Waals surface area contributed by atoms with Crippen LogP contribution in [-0.4, -0.2) is 9.13 Å². The molecule has 0 N–H and O–H groups in total. The van der Waals surface area contributed by atoms with Gasteiger partial charge in [0, 0.05) is 32.8 Å². The summed E-state index contributed by atoms with van der Waals surface area (Å²) in [5.41, 5.74) is 18.3. The zero-order valence-electron chi connectivity index (χ0n) is 31.3. The highest BCUT2D eigenvalue weighted by atomic mass is 15.0. The van der Waals surface area contributed by atoms with E-state index in [-0.39, 0.29) is 0 Å². The van der Waals surface area contributed by atoms with Crippen LogP contribution in [0.1, 0.15) is 27.8 Å². The Kier molecular flexibility index (Phi) is 7.85. The first-order chi connectivity index (χ1) is 27.0. The van der Waals surface area contributed by atoms with Crippen LogP contribution in [0.15, 0.2) is 176 Å². The van der Waals surface area contributed by atoms with E-state index in [2.05, 4.69) is 218 Å². The van der Waals surface area contributed by atoms with Crippen LogP contribution in [0, 0.1) is 20.8 Å². The molecule has 2 heterocycles. The van der Waals surface area contributed by atoms with Crippen LogP contribution in [0.2, 0.25) is 0 Å². The predicted octanol–water partition coefficient (Wildman–Crippen LogP) is 14.3. The van der Waals surface area contributed by atoms with E-state index in [1.807, 2.05) is 0 Å². The topological polar surface area (TPSA) is 9.86 Å². The molecular formula is C53H40N2. The van der Waals surface area contributed by atoms with Gasteiger partial charge in [-0.3, -0.25) is 0 Å². The molecule has 0 spiro atoms. The Morgan fingerprint density at radius 2 is 0.855 bits per heavy atom. The normalized spacial score (nSPS) is 11.8. The van der Waals surface area contributed by atoms with Gasteiger partial charge in [-0.1, -0.05) is 138 Å². The Hall–Kier alpha value is -6.90. The molecule has 2 aromatic heterocycles. The fourth-order valence-electron chi connectivity index (χ4n) is 8.45. The van der Waals surface area contributed by atoms with Crippen molar-refractivity contribution in [2.75, 3.05) is 0 Å². The van der Waals surface area contributed by atoms with Crippen LogP contribution in [0.3, 0.4) is 0 Å². The number of nitrogens with zero attached hydrogens (tertiary/aromatic N) is 2. The molecule has 0 aliphatic carbocycles. The van der Waals surface area contributed by atoms with Crippen molar-refractivity contribution >= 4 is 55.8 Å². The average molecular weight is 705 g/mol. The Balaban J connectivity index is 1.00. The summed E-state index contributed by atoms with van der Waals surface area (Å²) in [5, 5.41) is 5.13. The second kappa shape index (κ2) is 13.2. The molecule has 0 saturated heterocycles. The van der Waals surface area contributed by atoms with Crippen molar-refractivity contribution in [3.63, 3.8) is 0 Å². The molecule has 0 radical (unpaired) electrons. The van der Waals surface area contributed by atoms with Crippen molar-refractivity contribution in [1.82, 2.24) is 9.13 Å². The van der Waals surface area contributed by atoms with Crippen LogP contribution in [-0.2, 0) is 0 Å². The lowest BCUT2D eigenvalue weighted by Crippen LogP contribution is -1.97. The van der Waals surface area contributed by atoms with Gasteiger partial charge in [-0.25, -0.2) is 0 Å². The number of fused-ring (bicyclic) bond motifs is 6. The van der Waals surface area contributed by atoms with Gasteiger partial charge in [-0.2, -0.15) is 0 Å². The van der Waals surface area contributed by atoms with Crippen molar-refractivity contribution in [2.45, 2.75) is 20.8 Å². The number of aryl methyl sites for hydroxylation is 3. The van der Waals surface area contributed by atoms with Crippen molar-refractivity contribution in [3.8, 4) is 33.6 Å². The molecule has 0 amide bonds. The summed E-state index contributed by atoms with van der Waals surface area (Å²) >= 11 is 0. The van der Waals surface area contributed by atoms with E-state index in [9.17, 15) is 0 Å². The van der Waals surface area contributed by atoms with Gasteiger partial charge in [0.2, 0.25) is 0 Å². The van der Waals surface area contributed by atoms with Gasteiger partial charge in [0.1, 0.15) is 0 Å². The van der Waals surface area contributed by atoms with Gasteiger partial charge in [0.25, 0.3) is 0 Å². The molecule has 0 aliphatic rings. The first kappa shape index (κ1) is 32.7. The number of hydrogen-bond donors (Lipinski definition) is 0. The summed E-state index contributed by atoms with van der Waals surface area (Å²) in [5.74, 6) is 0. The molecule has 0 unspecified atom stereocenters. The molecule has 0 bridgehead atoms. The zero-order chi connectivity index (χ0) is 37.0. The zero-order valence-corrected chi connectivity index (χ0v) is 31.3. The van der Waals surface area contributed by atoms with Gasteiger partial charge in [-0.05, 0) is 115 Å². The maximum Gasteiger partial charge on any atom is 0.0541 e. The third-order valence-electron chi connectivity index (χ3n) is 11.1. The van der Waals surface area contributed by atoms with Gasteiger partial charge in [-0.15, -0.1) is 0 Å². The maximum absolute atomic E-state index is 2.43. The van der Waals surface area contributed by atoms with Crippen molar-refractivity contribution in [3.05, 3.63) is 204 Å². The lowest BCUT2D eigenvalue weighted by molar-refractivity contribution is 1.18. The first-order valence-corrected chi connectivity index (χ1v) is 19.1. The number of hydrogen-bond acceptors (Lipinski definition) is 0. The molecule has 2 nitrogen and oxygen atoms in total. The van der Waals surface area contributed by atoms with E-state index >= 15 is 0 Å². The molecule has 55 heavy (non-hydrogen) atoms. The van der Waals surface area contributed by atoms with E-state index < -0.39 is 0 Å². The predicted molar refractivity (Wildman–Crippen MR) is 236 cm³/mol. The minimum absolute atomic E-state index is 1.16.